The van der Waals surface area contributed by atoms with Gasteiger partial charge in [-0.1, -0.05) is 22.9 Å². The number of aryl methyl sites for hydroxylation is 1. The molecule has 0 amide bonds. The van der Waals surface area contributed by atoms with Crippen molar-refractivity contribution in [2.45, 2.75) is 6.92 Å². The third kappa shape index (κ3) is 5.60. The SMILES string of the molecule is Cc1ccc(N)cc1.NN=Nc1cc(N)cc(C(=O)O)c1. The highest BCUT2D eigenvalue weighted by molar-refractivity contribution is 5.90. The van der Waals surface area contributed by atoms with E-state index in [0.717, 1.165) is 5.69 Å². The van der Waals surface area contributed by atoms with Gasteiger partial charge in [0.25, 0.3) is 0 Å². The van der Waals surface area contributed by atoms with Gasteiger partial charge in [0.05, 0.1) is 11.3 Å². The second kappa shape index (κ2) is 7.49. The number of carboxylic acids is 1. The summed E-state index contributed by atoms with van der Waals surface area (Å²) in [6.07, 6.45) is 0. The summed E-state index contributed by atoms with van der Waals surface area (Å²) in [4.78, 5) is 10.6. The van der Waals surface area contributed by atoms with Gasteiger partial charge in [-0.05, 0) is 37.3 Å². The van der Waals surface area contributed by atoms with Gasteiger partial charge >= 0.3 is 5.97 Å². The van der Waals surface area contributed by atoms with E-state index in [2.05, 4.69) is 10.3 Å². The predicted octanol–water partition coefficient (Wildman–Crippen LogP) is 2.50. The van der Waals surface area contributed by atoms with Crippen LogP contribution in [-0.4, -0.2) is 11.1 Å². The Labute approximate surface area is 122 Å². The number of hydrogen-bond acceptors (Lipinski definition) is 5. The Balaban J connectivity index is 0.000000235. The molecule has 0 saturated heterocycles. The highest BCUT2D eigenvalue weighted by Gasteiger charge is 2.04. The van der Waals surface area contributed by atoms with Crippen molar-refractivity contribution in [3.63, 3.8) is 0 Å². The maximum atomic E-state index is 10.6. The number of nitrogens with two attached hydrogens (primary N) is 3. The van der Waals surface area contributed by atoms with E-state index in [-0.39, 0.29) is 5.56 Å². The van der Waals surface area contributed by atoms with Gasteiger partial charge in [-0.15, -0.1) is 5.11 Å². The topological polar surface area (TPSA) is 140 Å². The molecule has 0 spiro atoms. The van der Waals surface area contributed by atoms with Gasteiger partial charge in [0.1, 0.15) is 0 Å². The van der Waals surface area contributed by atoms with Crippen LogP contribution in [0, 0.1) is 6.92 Å². The largest absolute Gasteiger partial charge is 0.478 e. The van der Waals surface area contributed by atoms with E-state index in [1.165, 1.54) is 23.8 Å². The normalized spacial score (nSPS) is 9.95. The van der Waals surface area contributed by atoms with Gasteiger partial charge in [0.2, 0.25) is 0 Å². The zero-order valence-corrected chi connectivity index (χ0v) is 11.5. The monoisotopic (exact) mass is 287 g/mol. The molecule has 110 valence electrons. The summed E-state index contributed by atoms with van der Waals surface area (Å²) in [5, 5.41) is 15.1. The number of rotatable bonds is 2. The molecule has 0 aliphatic heterocycles. The van der Waals surface area contributed by atoms with Crippen LogP contribution in [0.5, 0.6) is 0 Å². The molecular weight excluding hydrogens is 270 g/mol. The first-order valence-corrected chi connectivity index (χ1v) is 5.99. The number of carboxylic acid groups (broad SMARTS) is 1. The molecule has 0 radical (unpaired) electrons. The molecule has 0 unspecified atom stereocenters. The zero-order chi connectivity index (χ0) is 15.8. The first-order valence-electron chi connectivity index (χ1n) is 5.99. The van der Waals surface area contributed by atoms with Crippen LogP contribution in [0.15, 0.2) is 52.8 Å². The summed E-state index contributed by atoms with van der Waals surface area (Å²) >= 11 is 0. The van der Waals surface area contributed by atoms with Crippen LogP contribution in [0.3, 0.4) is 0 Å². The van der Waals surface area contributed by atoms with Crippen LogP contribution >= 0.6 is 0 Å². The van der Waals surface area contributed by atoms with E-state index in [0.29, 0.717) is 11.4 Å². The lowest BCUT2D eigenvalue weighted by Gasteiger charge is -1.98. The highest BCUT2D eigenvalue weighted by atomic mass is 16.4. The van der Waals surface area contributed by atoms with Crippen molar-refractivity contribution in [2.75, 3.05) is 11.5 Å². The number of hydrogen-bond donors (Lipinski definition) is 4. The summed E-state index contributed by atoms with van der Waals surface area (Å²) in [6.45, 7) is 2.04. The van der Waals surface area contributed by atoms with Gasteiger partial charge in [0, 0.05) is 11.4 Å². The first-order chi connectivity index (χ1) is 9.92. The fourth-order valence-corrected chi connectivity index (χ4v) is 1.45. The van der Waals surface area contributed by atoms with E-state index in [9.17, 15) is 4.79 Å². The molecule has 0 aliphatic carbocycles. The Bertz CT molecular complexity index is 617. The van der Waals surface area contributed by atoms with Gasteiger partial charge in [-0.25, -0.2) is 4.79 Å². The highest BCUT2D eigenvalue weighted by Crippen LogP contribution is 2.19. The number of aromatic carboxylic acids is 1. The lowest BCUT2D eigenvalue weighted by atomic mass is 10.2. The molecule has 2 aromatic carbocycles. The van der Waals surface area contributed by atoms with Crippen molar-refractivity contribution in [3.05, 3.63) is 53.6 Å². The third-order valence-corrected chi connectivity index (χ3v) is 2.44. The molecule has 2 rings (SSSR count). The Kier molecular flexibility index (Phi) is 5.69. The molecule has 7 heteroatoms. The Hall–Kier alpha value is -3.09. The summed E-state index contributed by atoms with van der Waals surface area (Å²) in [7, 11) is 0. The van der Waals surface area contributed by atoms with E-state index in [1.54, 1.807) is 0 Å². The van der Waals surface area contributed by atoms with Crippen LogP contribution in [0.2, 0.25) is 0 Å². The van der Waals surface area contributed by atoms with Gasteiger partial charge in [0.15, 0.2) is 0 Å². The number of carbonyl (C=O) groups is 1. The molecule has 0 heterocycles. The summed E-state index contributed by atoms with van der Waals surface area (Å²) in [5.41, 5.74) is 13.6. The second-order valence-corrected chi connectivity index (χ2v) is 4.24. The molecule has 0 aromatic heterocycles. The molecule has 0 fully saturated rings. The van der Waals surface area contributed by atoms with Crippen molar-refractivity contribution in [3.8, 4) is 0 Å². The molecule has 7 nitrogen and oxygen atoms in total. The number of nitrogens with zero attached hydrogens (tertiary/aromatic N) is 2. The zero-order valence-electron chi connectivity index (χ0n) is 11.5. The molecule has 21 heavy (non-hydrogen) atoms. The summed E-state index contributed by atoms with van der Waals surface area (Å²) in [6, 6.07) is 11.9. The van der Waals surface area contributed by atoms with Gasteiger partial charge in [-0.2, -0.15) is 0 Å². The standard InChI is InChI=1S/C7H8N4O2.C7H9N/c8-5-1-4(7(12)13)2-6(3-5)10-11-9;1-6-2-4-7(8)5-3-6/h1-3H,8H2,(H2,9,10)(H,12,13);2-5H,8H2,1H3. The third-order valence-electron chi connectivity index (χ3n) is 2.44. The summed E-state index contributed by atoms with van der Waals surface area (Å²) in [5.74, 6) is 3.74. The van der Waals surface area contributed by atoms with E-state index >= 15 is 0 Å². The van der Waals surface area contributed by atoms with E-state index in [1.807, 2.05) is 31.2 Å². The van der Waals surface area contributed by atoms with Crippen LogP contribution in [0.4, 0.5) is 17.1 Å². The fourth-order valence-electron chi connectivity index (χ4n) is 1.45. The van der Waals surface area contributed by atoms with E-state index in [4.69, 9.17) is 22.4 Å². The Morgan fingerprint density at radius 2 is 1.67 bits per heavy atom. The maximum Gasteiger partial charge on any atom is 0.335 e. The van der Waals surface area contributed by atoms with Crippen molar-refractivity contribution >= 4 is 23.0 Å². The molecule has 0 saturated carbocycles. The van der Waals surface area contributed by atoms with Crippen molar-refractivity contribution in [1.29, 1.82) is 0 Å². The lowest BCUT2D eigenvalue weighted by Crippen LogP contribution is -1.97. The average Bonchev–Trinajstić information content (AvgIpc) is 2.42. The predicted molar refractivity (Wildman–Crippen MR) is 82.1 cm³/mol. The van der Waals surface area contributed by atoms with Gasteiger partial charge in [-0.3, -0.25) is 0 Å². The average molecular weight is 287 g/mol. The molecular formula is C14H17N5O2. The van der Waals surface area contributed by atoms with Crippen LogP contribution in [0.25, 0.3) is 0 Å². The summed E-state index contributed by atoms with van der Waals surface area (Å²) < 4.78 is 0. The van der Waals surface area contributed by atoms with E-state index < -0.39 is 5.97 Å². The first kappa shape index (κ1) is 16.0. The smallest absolute Gasteiger partial charge is 0.335 e. The molecule has 0 aliphatic rings. The molecule has 7 N–H and O–H groups in total. The van der Waals surface area contributed by atoms with Crippen molar-refractivity contribution in [2.24, 2.45) is 16.2 Å². The number of anilines is 2. The minimum absolute atomic E-state index is 0.0578. The van der Waals surface area contributed by atoms with Crippen LogP contribution in [-0.2, 0) is 0 Å². The Morgan fingerprint density at radius 3 is 2.14 bits per heavy atom. The lowest BCUT2D eigenvalue weighted by molar-refractivity contribution is 0.0697. The Morgan fingerprint density at radius 1 is 1.05 bits per heavy atom. The second-order valence-electron chi connectivity index (χ2n) is 4.24. The fraction of sp³-hybridized carbons (Fsp3) is 0.0714. The molecule has 0 bridgehead atoms. The number of nitrogen functional groups attached to an aromatic ring is 2. The quantitative estimate of drug-likeness (QED) is 0.291. The van der Waals surface area contributed by atoms with Crippen LogP contribution < -0.4 is 17.3 Å². The van der Waals surface area contributed by atoms with Crippen molar-refractivity contribution < 1.29 is 9.90 Å². The maximum absolute atomic E-state index is 10.6. The van der Waals surface area contributed by atoms with Crippen molar-refractivity contribution in [1.82, 2.24) is 0 Å². The van der Waals surface area contributed by atoms with Crippen LogP contribution in [0.1, 0.15) is 15.9 Å². The minimum atomic E-state index is -1.07. The molecule has 0 atom stereocenters. The van der Waals surface area contributed by atoms with Gasteiger partial charge < -0.3 is 22.4 Å². The number of benzene rings is 2. The minimum Gasteiger partial charge on any atom is -0.478 e. The molecule has 2 aromatic rings.